The average Bonchev–Trinajstić information content (AvgIpc) is 2.33. The van der Waals surface area contributed by atoms with Crippen LogP contribution in [-0.2, 0) is 13.3 Å². The van der Waals surface area contributed by atoms with Crippen LogP contribution in [0.25, 0.3) is 0 Å². The van der Waals surface area contributed by atoms with Gasteiger partial charge in [-0.15, -0.1) is 0 Å². The van der Waals surface area contributed by atoms with Crippen LogP contribution in [0.5, 0.6) is 0 Å². The lowest BCUT2D eigenvalue weighted by Crippen LogP contribution is -2.65. The Morgan fingerprint density at radius 3 is 2.06 bits per heavy atom. The zero-order valence-electron chi connectivity index (χ0n) is 11.8. The monoisotopic (exact) mass is 260 g/mol. The zero-order chi connectivity index (χ0) is 12.9. The fourth-order valence-electron chi connectivity index (χ4n) is 2.60. The third-order valence-corrected chi connectivity index (χ3v) is 6.76. The summed E-state index contributed by atoms with van der Waals surface area (Å²) in [6.07, 6.45) is 4.56. The molecule has 0 saturated carbocycles. The molecular weight excluding hydrogens is 234 g/mol. The molecule has 4 nitrogen and oxygen atoms in total. The third kappa shape index (κ3) is 2.78. The highest BCUT2D eigenvalue weighted by Gasteiger charge is 2.60. The van der Waals surface area contributed by atoms with Crippen molar-refractivity contribution in [3.63, 3.8) is 0 Å². The van der Waals surface area contributed by atoms with Crippen molar-refractivity contribution in [1.82, 2.24) is 0 Å². The van der Waals surface area contributed by atoms with Gasteiger partial charge in [-0.1, -0.05) is 13.8 Å². The van der Waals surface area contributed by atoms with E-state index in [1.165, 1.54) is 12.1 Å². The van der Waals surface area contributed by atoms with Gasteiger partial charge in [-0.2, -0.15) is 0 Å². The summed E-state index contributed by atoms with van der Waals surface area (Å²) in [5, 5.41) is 0. The SMILES string of the molecule is CCCC(CC)=[N+]1CCC1[Si](OC)(OC)OC. The minimum absolute atomic E-state index is 0.309. The molecular formula is C12H26NO3Si+. The smallest absolute Gasteiger partial charge is 0.373 e. The Bertz CT molecular complexity index is 269. The van der Waals surface area contributed by atoms with Crippen LogP contribution in [-0.4, -0.2) is 52.6 Å². The molecule has 0 aromatic carbocycles. The quantitative estimate of drug-likeness (QED) is 0.517. The van der Waals surface area contributed by atoms with Crippen molar-refractivity contribution in [2.45, 2.75) is 45.2 Å². The lowest BCUT2D eigenvalue weighted by Gasteiger charge is -2.35. The van der Waals surface area contributed by atoms with Gasteiger partial charge in [-0.25, -0.2) is 4.58 Å². The highest BCUT2D eigenvalue weighted by atomic mass is 28.4. The Morgan fingerprint density at radius 1 is 1.18 bits per heavy atom. The lowest BCUT2D eigenvalue weighted by molar-refractivity contribution is -0.613. The number of rotatable bonds is 7. The van der Waals surface area contributed by atoms with Crippen LogP contribution in [0.15, 0.2) is 0 Å². The molecule has 1 saturated heterocycles. The molecule has 1 aliphatic rings. The second-order valence-corrected chi connectivity index (χ2v) is 7.48. The highest BCUT2D eigenvalue weighted by Crippen LogP contribution is 2.26. The first-order valence-electron chi connectivity index (χ1n) is 6.45. The molecule has 0 aromatic rings. The summed E-state index contributed by atoms with van der Waals surface area (Å²) in [6, 6.07) is 0. The van der Waals surface area contributed by atoms with Crippen molar-refractivity contribution in [3.8, 4) is 0 Å². The maximum Gasteiger partial charge on any atom is 0.572 e. The fraction of sp³-hybridized carbons (Fsp3) is 0.917. The van der Waals surface area contributed by atoms with Crippen LogP contribution in [0.1, 0.15) is 39.5 Å². The van der Waals surface area contributed by atoms with Gasteiger partial charge in [0.1, 0.15) is 6.54 Å². The van der Waals surface area contributed by atoms with Gasteiger partial charge in [0.05, 0.1) is 6.42 Å². The minimum atomic E-state index is -2.50. The Kier molecular flexibility index (Phi) is 5.79. The van der Waals surface area contributed by atoms with Gasteiger partial charge < -0.3 is 13.3 Å². The molecule has 1 fully saturated rings. The molecule has 1 heterocycles. The van der Waals surface area contributed by atoms with E-state index in [1.807, 2.05) is 0 Å². The summed E-state index contributed by atoms with van der Waals surface area (Å²) in [4.78, 5) is 0. The fourth-order valence-corrected chi connectivity index (χ4v) is 5.10. The van der Waals surface area contributed by atoms with Crippen molar-refractivity contribution in [2.75, 3.05) is 27.9 Å². The van der Waals surface area contributed by atoms with Crippen molar-refractivity contribution in [1.29, 1.82) is 0 Å². The number of hydrogen-bond donors (Lipinski definition) is 0. The average molecular weight is 260 g/mol. The van der Waals surface area contributed by atoms with Gasteiger partial charge in [0.2, 0.25) is 5.67 Å². The minimum Gasteiger partial charge on any atom is -0.373 e. The molecule has 0 aromatic heterocycles. The van der Waals surface area contributed by atoms with Gasteiger partial charge in [-0.3, -0.25) is 0 Å². The molecule has 100 valence electrons. The first-order chi connectivity index (χ1) is 8.18. The van der Waals surface area contributed by atoms with E-state index in [9.17, 15) is 0 Å². The molecule has 17 heavy (non-hydrogen) atoms. The second-order valence-electron chi connectivity index (χ2n) is 4.38. The third-order valence-electron chi connectivity index (χ3n) is 3.63. The van der Waals surface area contributed by atoms with E-state index in [0.717, 1.165) is 25.8 Å². The molecule has 1 rings (SSSR count). The largest absolute Gasteiger partial charge is 0.572 e. The lowest BCUT2D eigenvalue weighted by atomic mass is 10.1. The summed E-state index contributed by atoms with van der Waals surface area (Å²) in [5.74, 6) is 0. The van der Waals surface area contributed by atoms with Gasteiger partial charge in [0, 0.05) is 34.2 Å². The van der Waals surface area contributed by atoms with Crippen molar-refractivity contribution < 1.29 is 17.9 Å². The van der Waals surface area contributed by atoms with E-state index in [0.29, 0.717) is 5.67 Å². The summed E-state index contributed by atoms with van der Waals surface area (Å²) in [7, 11) is 2.59. The van der Waals surface area contributed by atoms with E-state index >= 15 is 0 Å². The van der Waals surface area contributed by atoms with Crippen LogP contribution in [0.3, 0.4) is 0 Å². The zero-order valence-corrected chi connectivity index (χ0v) is 12.8. The van der Waals surface area contributed by atoms with Crippen LogP contribution in [0.2, 0.25) is 0 Å². The summed E-state index contributed by atoms with van der Waals surface area (Å²) in [5.41, 5.74) is 1.82. The molecule has 0 radical (unpaired) electrons. The molecule has 1 unspecified atom stereocenters. The van der Waals surface area contributed by atoms with Gasteiger partial charge >= 0.3 is 8.80 Å². The van der Waals surface area contributed by atoms with Crippen LogP contribution < -0.4 is 0 Å². The van der Waals surface area contributed by atoms with E-state index < -0.39 is 8.80 Å². The van der Waals surface area contributed by atoms with Crippen LogP contribution in [0, 0.1) is 0 Å². The molecule has 0 amide bonds. The molecule has 0 N–H and O–H groups in total. The topological polar surface area (TPSA) is 30.7 Å². The number of nitrogens with zero attached hydrogens (tertiary/aromatic N) is 1. The standard InChI is InChI=1S/C12H26NO3Si/c1-6-8-11(7-2)13-10-9-12(13)17(14-3,15-4)16-5/h12H,6-10H2,1-5H3/q+1. The predicted molar refractivity (Wildman–Crippen MR) is 70.5 cm³/mol. The summed E-state index contributed by atoms with van der Waals surface area (Å²) < 4.78 is 19.2. The second kappa shape index (κ2) is 6.63. The Labute approximate surface area is 106 Å². The van der Waals surface area contributed by atoms with Crippen LogP contribution in [0.4, 0.5) is 0 Å². The Hall–Kier alpha value is -0.233. The molecule has 1 atom stereocenters. The highest BCUT2D eigenvalue weighted by molar-refractivity contribution is 6.62. The molecule has 0 bridgehead atoms. The van der Waals surface area contributed by atoms with E-state index in [2.05, 4.69) is 18.4 Å². The predicted octanol–water partition coefficient (Wildman–Crippen LogP) is 1.84. The Morgan fingerprint density at radius 2 is 1.76 bits per heavy atom. The van der Waals surface area contributed by atoms with Gasteiger partial charge in [-0.05, 0) is 6.42 Å². The first kappa shape index (κ1) is 14.8. The number of hydrogen-bond acceptors (Lipinski definition) is 3. The maximum atomic E-state index is 5.58. The van der Waals surface area contributed by atoms with E-state index in [1.54, 1.807) is 21.3 Å². The summed E-state index contributed by atoms with van der Waals surface area (Å²) in [6.45, 7) is 5.55. The van der Waals surface area contributed by atoms with Crippen molar-refractivity contribution in [2.24, 2.45) is 0 Å². The van der Waals surface area contributed by atoms with Crippen molar-refractivity contribution >= 4 is 14.5 Å². The molecule has 0 aliphatic carbocycles. The van der Waals surface area contributed by atoms with Crippen molar-refractivity contribution in [3.05, 3.63) is 0 Å². The van der Waals surface area contributed by atoms with Crippen LogP contribution >= 0.6 is 0 Å². The van der Waals surface area contributed by atoms with E-state index in [4.69, 9.17) is 13.3 Å². The first-order valence-corrected chi connectivity index (χ1v) is 8.26. The Balaban J connectivity index is 2.91. The molecule has 5 heteroatoms. The summed E-state index contributed by atoms with van der Waals surface area (Å²) >= 11 is 0. The van der Waals surface area contributed by atoms with Gasteiger partial charge in [0.25, 0.3) is 0 Å². The van der Waals surface area contributed by atoms with Gasteiger partial charge in [0.15, 0.2) is 5.71 Å². The molecule has 1 aliphatic heterocycles. The normalized spacial score (nSPS) is 23.5. The maximum absolute atomic E-state index is 5.58. The molecule has 0 spiro atoms. The van der Waals surface area contributed by atoms with E-state index in [-0.39, 0.29) is 0 Å².